The van der Waals surface area contributed by atoms with Crippen LogP contribution in [-0.4, -0.2) is 35.6 Å². The zero-order valence-corrected chi connectivity index (χ0v) is 14.8. The number of methoxy groups -OCH3 is 1. The SMILES string of the molecule is COCCNC(=O)c1cccn2c(=O)c3c4c(sc3nc12)CCCC4. The van der Waals surface area contributed by atoms with Gasteiger partial charge in [0.25, 0.3) is 11.5 Å². The minimum atomic E-state index is -0.247. The van der Waals surface area contributed by atoms with E-state index in [1.165, 1.54) is 9.28 Å². The summed E-state index contributed by atoms with van der Waals surface area (Å²) in [6.07, 6.45) is 5.91. The Morgan fingerprint density at radius 3 is 3.08 bits per heavy atom. The van der Waals surface area contributed by atoms with Gasteiger partial charge in [0, 0.05) is 24.7 Å². The number of nitrogens with zero attached hydrogens (tertiary/aromatic N) is 2. The number of fused-ring (bicyclic) bond motifs is 4. The standard InChI is InChI=1S/C18H19N3O3S/c1-24-10-8-19-16(22)12-6-4-9-21-15(12)20-17-14(18(21)23)11-5-2-3-7-13(11)25-17/h4,6,9H,2-3,5,7-8,10H2,1H3,(H,19,22). The first-order chi connectivity index (χ1) is 12.2. The molecular formula is C18H19N3O3S. The number of nitrogens with one attached hydrogen (secondary N) is 1. The van der Waals surface area contributed by atoms with Crippen LogP contribution < -0.4 is 10.9 Å². The minimum absolute atomic E-state index is 0.0778. The summed E-state index contributed by atoms with van der Waals surface area (Å²) < 4.78 is 6.45. The van der Waals surface area contributed by atoms with E-state index in [1.54, 1.807) is 36.8 Å². The lowest BCUT2D eigenvalue weighted by molar-refractivity contribution is 0.0938. The predicted molar refractivity (Wildman–Crippen MR) is 97.7 cm³/mol. The van der Waals surface area contributed by atoms with Crippen molar-refractivity contribution >= 4 is 33.1 Å². The van der Waals surface area contributed by atoms with Gasteiger partial charge in [-0.2, -0.15) is 0 Å². The summed E-state index contributed by atoms with van der Waals surface area (Å²) in [6.45, 7) is 0.849. The lowest BCUT2D eigenvalue weighted by Gasteiger charge is -2.10. The van der Waals surface area contributed by atoms with Crippen molar-refractivity contribution in [3.8, 4) is 0 Å². The number of carbonyl (C=O) groups excluding carboxylic acids is 1. The average Bonchev–Trinajstić information content (AvgIpc) is 3.00. The summed E-state index contributed by atoms with van der Waals surface area (Å²) in [5, 5.41) is 3.52. The second-order valence-electron chi connectivity index (χ2n) is 6.17. The Balaban J connectivity index is 1.88. The number of carbonyl (C=O) groups is 1. The van der Waals surface area contributed by atoms with E-state index in [4.69, 9.17) is 4.74 Å². The lowest BCUT2D eigenvalue weighted by Crippen LogP contribution is -2.28. The number of rotatable bonds is 4. The highest BCUT2D eigenvalue weighted by atomic mass is 32.1. The van der Waals surface area contributed by atoms with Crippen molar-refractivity contribution < 1.29 is 9.53 Å². The highest BCUT2D eigenvalue weighted by molar-refractivity contribution is 7.18. The van der Waals surface area contributed by atoms with E-state index in [2.05, 4.69) is 10.3 Å². The van der Waals surface area contributed by atoms with Crippen molar-refractivity contribution in [2.24, 2.45) is 0 Å². The highest BCUT2D eigenvalue weighted by Crippen LogP contribution is 2.34. The van der Waals surface area contributed by atoms with Crippen LogP contribution in [0.15, 0.2) is 23.1 Å². The van der Waals surface area contributed by atoms with Crippen LogP contribution in [0.1, 0.15) is 33.6 Å². The monoisotopic (exact) mass is 357 g/mol. The third-order valence-electron chi connectivity index (χ3n) is 4.60. The minimum Gasteiger partial charge on any atom is -0.383 e. The Morgan fingerprint density at radius 2 is 2.24 bits per heavy atom. The van der Waals surface area contributed by atoms with E-state index in [9.17, 15) is 9.59 Å². The van der Waals surface area contributed by atoms with Crippen LogP contribution in [0.25, 0.3) is 15.9 Å². The maximum Gasteiger partial charge on any atom is 0.266 e. The van der Waals surface area contributed by atoms with E-state index < -0.39 is 0 Å². The molecular weight excluding hydrogens is 338 g/mol. The van der Waals surface area contributed by atoms with E-state index in [0.717, 1.165) is 41.5 Å². The maximum atomic E-state index is 13.0. The quantitative estimate of drug-likeness (QED) is 0.727. The van der Waals surface area contributed by atoms with Gasteiger partial charge >= 0.3 is 0 Å². The Morgan fingerprint density at radius 1 is 1.40 bits per heavy atom. The maximum absolute atomic E-state index is 13.0. The number of aryl methyl sites for hydroxylation is 2. The second kappa shape index (κ2) is 6.57. The molecule has 4 rings (SSSR count). The van der Waals surface area contributed by atoms with Crippen molar-refractivity contribution in [1.82, 2.24) is 14.7 Å². The number of hydrogen-bond donors (Lipinski definition) is 1. The predicted octanol–water partition coefficient (Wildman–Crippen LogP) is 2.16. The van der Waals surface area contributed by atoms with E-state index >= 15 is 0 Å². The lowest BCUT2D eigenvalue weighted by atomic mass is 9.97. The summed E-state index contributed by atoms with van der Waals surface area (Å²) in [7, 11) is 1.58. The summed E-state index contributed by atoms with van der Waals surface area (Å²) in [4.78, 5) is 32.2. The number of hydrogen-bond acceptors (Lipinski definition) is 5. The smallest absolute Gasteiger partial charge is 0.266 e. The van der Waals surface area contributed by atoms with Gasteiger partial charge in [-0.25, -0.2) is 4.98 Å². The van der Waals surface area contributed by atoms with Crippen LogP contribution >= 0.6 is 11.3 Å². The van der Waals surface area contributed by atoms with Crippen LogP contribution in [0.2, 0.25) is 0 Å². The molecule has 1 aliphatic carbocycles. The van der Waals surface area contributed by atoms with Gasteiger partial charge < -0.3 is 10.1 Å². The number of ether oxygens (including phenoxy) is 1. The van der Waals surface area contributed by atoms with Gasteiger partial charge in [-0.3, -0.25) is 14.0 Å². The summed E-state index contributed by atoms with van der Waals surface area (Å²) in [6, 6.07) is 3.41. The van der Waals surface area contributed by atoms with Crippen LogP contribution in [0.5, 0.6) is 0 Å². The zero-order valence-electron chi connectivity index (χ0n) is 14.0. The molecule has 1 amide bonds. The highest BCUT2D eigenvalue weighted by Gasteiger charge is 2.22. The average molecular weight is 357 g/mol. The molecule has 3 aromatic heterocycles. The molecule has 1 aliphatic rings. The Kier molecular flexibility index (Phi) is 4.27. The largest absolute Gasteiger partial charge is 0.383 e. The Hall–Kier alpha value is -2.25. The van der Waals surface area contributed by atoms with E-state index in [-0.39, 0.29) is 11.5 Å². The number of thiophene rings is 1. The van der Waals surface area contributed by atoms with Gasteiger partial charge in [-0.15, -0.1) is 11.3 Å². The molecule has 0 fully saturated rings. The molecule has 0 aliphatic heterocycles. The molecule has 0 spiro atoms. The molecule has 0 unspecified atom stereocenters. The normalized spacial score (nSPS) is 14.0. The van der Waals surface area contributed by atoms with Crippen LogP contribution in [0.3, 0.4) is 0 Å². The molecule has 7 heteroatoms. The van der Waals surface area contributed by atoms with Crippen LogP contribution in [0, 0.1) is 0 Å². The van der Waals surface area contributed by atoms with E-state index in [0.29, 0.717) is 24.4 Å². The van der Waals surface area contributed by atoms with Crippen molar-refractivity contribution in [1.29, 1.82) is 0 Å². The summed E-state index contributed by atoms with van der Waals surface area (Å²) >= 11 is 1.59. The molecule has 25 heavy (non-hydrogen) atoms. The first-order valence-electron chi connectivity index (χ1n) is 8.43. The van der Waals surface area contributed by atoms with E-state index in [1.807, 2.05) is 0 Å². The third-order valence-corrected chi connectivity index (χ3v) is 5.78. The van der Waals surface area contributed by atoms with Crippen molar-refractivity contribution in [2.75, 3.05) is 20.3 Å². The second-order valence-corrected chi connectivity index (χ2v) is 7.26. The molecule has 0 bridgehead atoms. The Bertz CT molecular complexity index is 1020. The van der Waals surface area contributed by atoms with Gasteiger partial charge in [-0.05, 0) is 43.4 Å². The van der Waals surface area contributed by atoms with Gasteiger partial charge in [0.05, 0.1) is 17.6 Å². The fraction of sp³-hybridized carbons (Fsp3) is 0.389. The topological polar surface area (TPSA) is 72.7 Å². The molecule has 3 aromatic rings. The molecule has 0 saturated carbocycles. The fourth-order valence-electron chi connectivity index (χ4n) is 3.38. The van der Waals surface area contributed by atoms with Crippen molar-refractivity contribution in [2.45, 2.75) is 25.7 Å². The molecule has 0 radical (unpaired) electrons. The first kappa shape index (κ1) is 16.2. The molecule has 6 nitrogen and oxygen atoms in total. The van der Waals surface area contributed by atoms with Crippen molar-refractivity contribution in [3.05, 3.63) is 44.7 Å². The van der Waals surface area contributed by atoms with Gasteiger partial charge in [-0.1, -0.05) is 0 Å². The number of amides is 1. The molecule has 0 aromatic carbocycles. The van der Waals surface area contributed by atoms with Gasteiger partial charge in [0.15, 0.2) is 5.65 Å². The summed E-state index contributed by atoms with van der Waals surface area (Å²) in [5.41, 5.74) is 1.90. The molecule has 130 valence electrons. The molecule has 0 atom stereocenters. The molecule has 1 N–H and O–H groups in total. The zero-order chi connectivity index (χ0) is 17.4. The van der Waals surface area contributed by atoms with Gasteiger partial charge in [0.1, 0.15) is 4.83 Å². The molecule has 0 saturated heterocycles. The number of pyridine rings is 1. The summed E-state index contributed by atoms with van der Waals surface area (Å²) in [5.74, 6) is -0.247. The fourth-order valence-corrected chi connectivity index (χ4v) is 4.64. The van der Waals surface area contributed by atoms with Crippen molar-refractivity contribution in [3.63, 3.8) is 0 Å². The van der Waals surface area contributed by atoms with Gasteiger partial charge in [0.2, 0.25) is 0 Å². The third kappa shape index (κ3) is 2.73. The Labute approximate surface area is 148 Å². The molecule has 3 heterocycles. The first-order valence-corrected chi connectivity index (χ1v) is 9.25. The number of aromatic nitrogens is 2. The van der Waals surface area contributed by atoms with Crippen LogP contribution in [-0.2, 0) is 17.6 Å². The van der Waals surface area contributed by atoms with Crippen LogP contribution in [0.4, 0.5) is 0 Å².